The van der Waals surface area contributed by atoms with E-state index in [9.17, 15) is 9.59 Å². The van der Waals surface area contributed by atoms with Gasteiger partial charge < -0.3 is 35.3 Å². The second-order valence-corrected chi connectivity index (χ2v) is 11.5. The van der Waals surface area contributed by atoms with Crippen LogP contribution in [-0.2, 0) is 27.1 Å². The number of rotatable bonds is 29. The molecule has 0 saturated carbocycles. The molecule has 0 saturated heterocycles. The summed E-state index contributed by atoms with van der Waals surface area (Å²) >= 11 is 0. The Bertz CT molecular complexity index is 949. The predicted molar refractivity (Wildman–Crippen MR) is 185 cm³/mol. The third-order valence-corrected chi connectivity index (χ3v) is 7.52. The second-order valence-electron chi connectivity index (χ2n) is 11.5. The molecule has 2 aromatic carbocycles. The van der Waals surface area contributed by atoms with Crippen molar-refractivity contribution in [2.75, 3.05) is 59.3 Å². The van der Waals surface area contributed by atoms with E-state index in [-0.39, 0.29) is 11.8 Å². The third kappa shape index (κ3) is 20.8. The Labute approximate surface area is 277 Å². The SMILES string of the molecule is CCCCCc1ccc(OCCOCCCC(=O)CCCCCNC(=O)NCCOCCOc2ccc(CCCCN)cc2)cc1. The molecule has 0 heterocycles. The smallest absolute Gasteiger partial charge is 0.314 e. The number of aryl methyl sites for hydroxylation is 2. The highest BCUT2D eigenvalue weighted by Gasteiger charge is 2.04. The van der Waals surface area contributed by atoms with Gasteiger partial charge in [0.15, 0.2) is 0 Å². The lowest BCUT2D eigenvalue weighted by atomic mass is 10.1. The number of amides is 2. The first-order valence-electron chi connectivity index (χ1n) is 17.4. The summed E-state index contributed by atoms with van der Waals surface area (Å²) in [6.07, 6.45) is 12.5. The molecule has 258 valence electrons. The van der Waals surface area contributed by atoms with Gasteiger partial charge in [0, 0.05) is 32.5 Å². The van der Waals surface area contributed by atoms with Crippen molar-refractivity contribution in [1.29, 1.82) is 0 Å². The Morgan fingerprint density at radius 3 is 1.76 bits per heavy atom. The number of ether oxygens (including phenoxy) is 4. The molecule has 9 heteroatoms. The molecular weight excluding hydrogens is 582 g/mol. The highest BCUT2D eigenvalue weighted by atomic mass is 16.5. The van der Waals surface area contributed by atoms with Gasteiger partial charge in [-0.2, -0.15) is 0 Å². The van der Waals surface area contributed by atoms with E-state index < -0.39 is 0 Å². The van der Waals surface area contributed by atoms with Gasteiger partial charge in [-0.1, -0.05) is 50.5 Å². The third-order valence-electron chi connectivity index (χ3n) is 7.52. The van der Waals surface area contributed by atoms with Crippen molar-refractivity contribution < 1.29 is 28.5 Å². The molecule has 9 nitrogen and oxygen atoms in total. The molecule has 46 heavy (non-hydrogen) atoms. The lowest BCUT2D eigenvalue weighted by Crippen LogP contribution is -2.37. The normalized spacial score (nSPS) is 10.9. The number of hydrogen-bond donors (Lipinski definition) is 3. The molecule has 0 aliphatic carbocycles. The first-order valence-corrected chi connectivity index (χ1v) is 17.4. The quantitative estimate of drug-likeness (QED) is 0.0879. The van der Waals surface area contributed by atoms with E-state index in [0.29, 0.717) is 65.6 Å². The van der Waals surface area contributed by atoms with Gasteiger partial charge in [-0.25, -0.2) is 4.79 Å². The van der Waals surface area contributed by atoms with Crippen LogP contribution >= 0.6 is 0 Å². The van der Waals surface area contributed by atoms with E-state index >= 15 is 0 Å². The van der Waals surface area contributed by atoms with E-state index in [4.69, 9.17) is 24.7 Å². The number of hydrogen-bond acceptors (Lipinski definition) is 7. The largest absolute Gasteiger partial charge is 0.491 e. The van der Waals surface area contributed by atoms with Crippen LogP contribution in [0.25, 0.3) is 0 Å². The summed E-state index contributed by atoms with van der Waals surface area (Å²) in [6, 6.07) is 16.2. The van der Waals surface area contributed by atoms with Crippen LogP contribution in [0.3, 0.4) is 0 Å². The molecule has 0 bridgehead atoms. The number of benzene rings is 2. The van der Waals surface area contributed by atoms with Gasteiger partial charge in [0.2, 0.25) is 0 Å². The summed E-state index contributed by atoms with van der Waals surface area (Å²) in [4.78, 5) is 24.0. The summed E-state index contributed by atoms with van der Waals surface area (Å²) in [5, 5.41) is 5.64. The topological polar surface area (TPSA) is 121 Å². The van der Waals surface area contributed by atoms with Crippen molar-refractivity contribution in [2.24, 2.45) is 5.73 Å². The standard InChI is InChI=1S/C37H59N3O6/c1-2-3-5-11-32-15-19-35(20-16-32)45-30-28-43-26-10-14-34(41)13-6-4-9-24-39-37(42)40-25-27-44-29-31-46-36-21-17-33(18-22-36)12-7-8-23-38/h15-22H,2-14,23-31,38H2,1H3,(H2,39,40,42). The Kier molecular flexibility index (Phi) is 22.9. The molecule has 2 rings (SSSR count). The van der Waals surface area contributed by atoms with Crippen LogP contribution in [0.15, 0.2) is 48.5 Å². The minimum atomic E-state index is -0.205. The summed E-state index contributed by atoms with van der Waals surface area (Å²) in [7, 11) is 0. The molecule has 0 aliphatic heterocycles. The van der Waals surface area contributed by atoms with Crippen LogP contribution in [0.5, 0.6) is 11.5 Å². The summed E-state index contributed by atoms with van der Waals surface area (Å²) in [6.45, 7) is 6.89. The van der Waals surface area contributed by atoms with Crippen LogP contribution in [0.1, 0.15) is 88.7 Å². The van der Waals surface area contributed by atoms with Gasteiger partial charge >= 0.3 is 6.03 Å². The Morgan fingerprint density at radius 2 is 1.15 bits per heavy atom. The van der Waals surface area contributed by atoms with Crippen molar-refractivity contribution in [3.8, 4) is 11.5 Å². The lowest BCUT2D eigenvalue weighted by Gasteiger charge is -2.10. The number of carbonyl (C=O) groups excluding carboxylic acids is 2. The number of carbonyl (C=O) groups is 2. The Hall–Kier alpha value is -3.14. The van der Waals surface area contributed by atoms with Crippen LogP contribution in [0.4, 0.5) is 4.79 Å². The van der Waals surface area contributed by atoms with Crippen LogP contribution in [-0.4, -0.2) is 71.1 Å². The highest BCUT2D eigenvalue weighted by molar-refractivity contribution is 5.78. The van der Waals surface area contributed by atoms with Crippen molar-refractivity contribution in [3.05, 3.63) is 59.7 Å². The highest BCUT2D eigenvalue weighted by Crippen LogP contribution is 2.15. The first kappa shape index (κ1) is 39.0. The van der Waals surface area contributed by atoms with Gasteiger partial charge in [-0.3, -0.25) is 4.79 Å². The van der Waals surface area contributed by atoms with Crippen LogP contribution in [0, 0.1) is 0 Å². The van der Waals surface area contributed by atoms with Gasteiger partial charge in [0.1, 0.15) is 30.5 Å². The Balaban J connectivity index is 1.32. The van der Waals surface area contributed by atoms with E-state index in [1.807, 2.05) is 24.3 Å². The fourth-order valence-corrected chi connectivity index (χ4v) is 4.82. The van der Waals surface area contributed by atoms with Gasteiger partial charge in [0.25, 0.3) is 0 Å². The first-order chi connectivity index (χ1) is 22.6. The monoisotopic (exact) mass is 641 g/mol. The van der Waals surface area contributed by atoms with Crippen LogP contribution in [0.2, 0.25) is 0 Å². The van der Waals surface area contributed by atoms with Gasteiger partial charge in [-0.05, 0) is 93.3 Å². The summed E-state index contributed by atoms with van der Waals surface area (Å²) in [5.74, 6) is 1.95. The summed E-state index contributed by atoms with van der Waals surface area (Å²) in [5.41, 5.74) is 8.18. The molecule has 2 amide bonds. The lowest BCUT2D eigenvalue weighted by molar-refractivity contribution is -0.119. The molecule has 2 aromatic rings. The van der Waals surface area contributed by atoms with Crippen molar-refractivity contribution >= 4 is 11.8 Å². The van der Waals surface area contributed by atoms with E-state index in [0.717, 1.165) is 69.4 Å². The molecule has 4 N–H and O–H groups in total. The number of urea groups is 1. The zero-order valence-electron chi connectivity index (χ0n) is 28.2. The maximum Gasteiger partial charge on any atom is 0.314 e. The predicted octanol–water partition coefficient (Wildman–Crippen LogP) is 6.40. The summed E-state index contributed by atoms with van der Waals surface area (Å²) < 4.78 is 22.6. The number of nitrogens with one attached hydrogen (secondary N) is 2. The van der Waals surface area contributed by atoms with Crippen molar-refractivity contribution in [2.45, 2.75) is 90.4 Å². The fraction of sp³-hybridized carbons (Fsp3) is 0.622. The van der Waals surface area contributed by atoms with Gasteiger partial charge in [0.05, 0.1) is 19.8 Å². The second kappa shape index (κ2) is 27.0. The van der Waals surface area contributed by atoms with Crippen LogP contribution < -0.4 is 25.8 Å². The molecule has 0 spiro atoms. The number of nitrogens with two attached hydrogens (primary N) is 1. The zero-order chi connectivity index (χ0) is 32.9. The Morgan fingerprint density at radius 1 is 0.587 bits per heavy atom. The average Bonchev–Trinajstić information content (AvgIpc) is 3.07. The van der Waals surface area contributed by atoms with Crippen molar-refractivity contribution in [3.63, 3.8) is 0 Å². The fourth-order valence-electron chi connectivity index (χ4n) is 4.82. The molecule has 0 radical (unpaired) electrons. The van der Waals surface area contributed by atoms with Gasteiger partial charge in [-0.15, -0.1) is 0 Å². The molecule has 0 aliphatic rings. The van der Waals surface area contributed by atoms with Crippen molar-refractivity contribution in [1.82, 2.24) is 10.6 Å². The molecule has 0 unspecified atom stereocenters. The van der Waals surface area contributed by atoms with E-state index in [2.05, 4.69) is 41.8 Å². The minimum Gasteiger partial charge on any atom is -0.491 e. The maximum absolute atomic E-state index is 12.1. The molecule has 0 atom stereocenters. The molecular formula is C37H59N3O6. The number of ketones is 1. The molecule has 0 aromatic heterocycles. The van der Waals surface area contributed by atoms with E-state index in [1.54, 1.807) is 0 Å². The zero-order valence-corrected chi connectivity index (χ0v) is 28.2. The maximum atomic E-state index is 12.1. The minimum absolute atomic E-state index is 0.205. The van der Waals surface area contributed by atoms with E-state index in [1.165, 1.54) is 30.4 Å². The number of unbranched alkanes of at least 4 members (excludes halogenated alkanes) is 5. The number of Topliss-reactive ketones (excluding diaryl/α,β-unsaturated/α-hetero) is 1. The average molecular weight is 642 g/mol. The molecule has 0 fully saturated rings.